The molecule has 1 rings (SSSR count). The van der Waals surface area contributed by atoms with Crippen molar-refractivity contribution in [2.24, 2.45) is 5.41 Å². The first-order chi connectivity index (χ1) is 7.14. The third-order valence-electron chi connectivity index (χ3n) is 2.67. The minimum atomic E-state index is 0.217. The van der Waals surface area contributed by atoms with Gasteiger partial charge in [0.05, 0.1) is 19.3 Å². The maximum Gasteiger partial charge on any atom is 0.0809 e. The fraction of sp³-hybridized carbons (Fsp3) is 1.00. The van der Waals surface area contributed by atoms with Gasteiger partial charge in [-0.3, -0.25) is 0 Å². The van der Waals surface area contributed by atoms with Gasteiger partial charge in [-0.05, 0) is 19.4 Å². The molecule has 1 unspecified atom stereocenters. The van der Waals surface area contributed by atoms with Gasteiger partial charge < -0.3 is 14.8 Å². The Morgan fingerprint density at radius 1 is 1.47 bits per heavy atom. The Bertz CT molecular complexity index is 165. The lowest BCUT2D eigenvalue weighted by Gasteiger charge is -2.25. The van der Waals surface area contributed by atoms with E-state index in [4.69, 9.17) is 9.47 Å². The van der Waals surface area contributed by atoms with Crippen LogP contribution >= 0.6 is 0 Å². The SMILES string of the molecule is CCNCC(C)(C)COCC1CCCO1. The standard InChI is InChI=1S/C12H25NO2/c1-4-13-9-12(2,3)10-14-8-11-6-5-7-15-11/h11,13H,4-10H2,1-3H3. The monoisotopic (exact) mass is 215 g/mol. The lowest BCUT2D eigenvalue weighted by atomic mass is 9.95. The van der Waals surface area contributed by atoms with E-state index < -0.39 is 0 Å². The lowest BCUT2D eigenvalue weighted by molar-refractivity contribution is -0.00949. The van der Waals surface area contributed by atoms with Crippen LogP contribution in [0, 0.1) is 5.41 Å². The summed E-state index contributed by atoms with van der Waals surface area (Å²) in [6.07, 6.45) is 2.70. The zero-order valence-corrected chi connectivity index (χ0v) is 10.3. The first kappa shape index (κ1) is 12.9. The molecule has 1 N–H and O–H groups in total. The Labute approximate surface area is 93.5 Å². The molecular formula is C12H25NO2. The van der Waals surface area contributed by atoms with Crippen LogP contribution in [0.4, 0.5) is 0 Å². The van der Waals surface area contributed by atoms with Gasteiger partial charge in [0.25, 0.3) is 0 Å². The molecule has 0 spiro atoms. The summed E-state index contributed by atoms with van der Waals surface area (Å²) >= 11 is 0. The van der Waals surface area contributed by atoms with Crippen molar-refractivity contribution < 1.29 is 9.47 Å². The molecule has 1 heterocycles. The fourth-order valence-corrected chi connectivity index (χ4v) is 1.76. The molecule has 0 aromatic heterocycles. The highest BCUT2D eigenvalue weighted by molar-refractivity contribution is 4.71. The van der Waals surface area contributed by atoms with Crippen molar-refractivity contribution in [3.8, 4) is 0 Å². The van der Waals surface area contributed by atoms with Crippen LogP contribution in [0.3, 0.4) is 0 Å². The Balaban J connectivity index is 2.06. The molecule has 1 saturated heterocycles. The molecule has 90 valence electrons. The van der Waals surface area contributed by atoms with Gasteiger partial charge in [0.2, 0.25) is 0 Å². The summed E-state index contributed by atoms with van der Waals surface area (Å²) in [7, 11) is 0. The van der Waals surface area contributed by atoms with Crippen LogP contribution in [-0.2, 0) is 9.47 Å². The van der Waals surface area contributed by atoms with Gasteiger partial charge in [-0.1, -0.05) is 20.8 Å². The molecular weight excluding hydrogens is 190 g/mol. The summed E-state index contributed by atoms with van der Waals surface area (Å²) in [5.74, 6) is 0. The summed E-state index contributed by atoms with van der Waals surface area (Å²) in [6.45, 7) is 11.1. The average Bonchev–Trinajstić information content (AvgIpc) is 2.67. The molecule has 0 bridgehead atoms. The van der Waals surface area contributed by atoms with E-state index in [0.29, 0.717) is 6.10 Å². The Morgan fingerprint density at radius 3 is 2.87 bits per heavy atom. The van der Waals surface area contributed by atoms with E-state index in [0.717, 1.165) is 39.3 Å². The molecule has 0 aromatic carbocycles. The van der Waals surface area contributed by atoms with Crippen molar-refractivity contribution in [1.29, 1.82) is 0 Å². The molecule has 15 heavy (non-hydrogen) atoms. The van der Waals surface area contributed by atoms with Crippen molar-refractivity contribution >= 4 is 0 Å². The highest BCUT2D eigenvalue weighted by Gasteiger charge is 2.20. The van der Waals surface area contributed by atoms with Crippen molar-refractivity contribution in [1.82, 2.24) is 5.32 Å². The van der Waals surface area contributed by atoms with E-state index in [1.807, 2.05) is 0 Å². The zero-order chi connectivity index (χ0) is 11.1. The Hall–Kier alpha value is -0.120. The largest absolute Gasteiger partial charge is 0.378 e. The van der Waals surface area contributed by atoms with E-state index in [2.05, 4.69) is 26.1 Å². The minimum absolute atomic E-state index is 0.217. The third-order valence-corrected chi connectivity index (χ3v) is 2.67. The first-order valence-corrected chi connectivity index (χ1v) is 6.04. The number of hydrogen-bond acceptors (Lipinski definition) is 3. The van der Waals surface area contributed by atoms with E-state index >= 15 is 0 Å². The van der Waals surface area contributed by atoms with E-state index in [9.17, 15) is 0 Å². The van der Waals surface area contributed by atoms with E-state index in [1.54, 1.807) is 0 Å². The third kappa shape index (κ3) is 5.50. The van der Waals surface area contributed by atoms with Crippen LogP contribution in [0.2, 0.25) is 0 Å². The summed E-state index contributed by atoms with van der Waals surface area (Å²) in [4.78, 5) is 0. The number of hydrogen-bond donors (Lipinski definition) is 1. The molecule has 0 aliphatic carbocycles. The van der Waals surface area contributed by atoms with Crippen molar-refractivity contribution in [3.05, 3.63) is 0 Å². The predicted molar refractivity (Wildman–Crippen MR) is 62.1 cm³/mol. The van der Waals surface area contributed by atoms with Gasteiger partial charge >= 0.3 is 0 Å². The van der Waals surface area contributed by atoms with E-state index in [1.165, 1.54) is 6.42 Å². The summed E-state index contributed by atoms with van der Waals surface area (Å²) in [5.41, 5.74) is 0.217. The van der Waals surface area contributed by atoms with Crippen LogP contribution in [0.15, 0.2) is 0 Å². The van der Waals surface area contributed by atoms with Gasteiger partial charge in [0.1, 0.15) is 0 Å². The second-order valence-corrected chi connectivity index (χ2v) is 5.09. The van der Waals surface area contributed by atoms with Crippen molar-refractivity contribution in [3.63, 3.8) is 0 Å². The maximum absolute atomic E-state index is 5.71. The number of nitrogens with one attached hydrogen (secondary N) is 1. The summed E-state index contributed by atoms with van der Waals surface area (Å²) in [5, 5.41) is 3.36. The smallest absolute Gasteiger partial charge is 0.0809 e. The average molecular weight is 215 g/mol. The van der Waals surface area contributed by atoms with Crippen LogP contribution in [0.1, 0.15) is 33.6 Å². The molecule has 0 amide bonds. The Morgan fingerprint density at radius 2 is 2.27 bits per heavy atom. The zero-order valence-electron chi connectivity index (χ0n) is 10.3. The minimum Gasteiger partial charge on any atom is -0.378 e. The predicted octanol–water partition coefficient (Wildman–Crippen LogP) is 1.82. The van der Waals surface area contributed by atoms with Gasteiger partial charge in [-0.2, -0.15) is 0 Å². The molecule has 3 heteroatoms. The van der Waals surface area contributed by atoms with Crippen molar-refractivity contribution in [2.45, 2.75) is 39.7 Å². The topological polar surface area (TPSA) is 30.5 Å². The van der Waals surface area contributed by atoms with Gasteiger partial charge in [-0.25, -0.2) is 0 Å². The van der Waals surface area contributed by atoms with Crippen molar-refractivity contribution in [2.75, 3.05) is 32.9 Å². The molecule has 3 nitrogen and oxygen atoms in total. The molecule has 1 aliphatic heterocycles. The molecule has 1 aliphatic rings. The van der Waals surface area contributed by atoms with Crippen LogP contribution in [-0.4, -0.2) is 39.0 Å². The van der Waals surface area contributed by atoms with Gasteiger partial charge in [0.15, 0.2) is 0 Å². The molecule has 1 fully saturated rings. The fourth-order valence-electron chi connectivity index (χ4n) is 1.76. The second kappa shape index (κ2) is 6.46. The van der Waals surface area contributed by atoms with Crippen LogP contribution in [0.5, 0.6) is 0 Å². The second-order valence-electron chi connectivity index (χ2n) is 5.09. The summed E-state index contributed by atoms with van der Waals surface area (Å²) in [6, 6.07) is 0. The molecule has 0 radical (unpaired) electrons. The normalized spacial score (nSPS) is 22.2. The van der Waals surface area contributed by atoms with Gasteiger partial charge in [-0.15, -0.1) is 0 Å². The molecule has 0 aromatic rings. The Kier molecular flexibility index (Phi) is 5.58. The first-order valence-electron chi connectivity index (χ1n) is 6.04. The van der Waals surface area contributed by atoms with Crippen LogP contribution < -0.4 is 5.32 Å². The highest BCUT2D eigenvalue weighted by atomic mass is 16.5. The lowest BCUT2D eigenvalue weighted by Crippen LogP contribution is -2.34. The van der Waals surface area contributed by atoms with Gasteiger partial charge in [0, 0.05) is 18.6 Å². The molecule has 1 atom stereocenters. The summed E-state index contributed by atoms with van der Waals surface area (Å²) < 4.78 is 11.2. The molecule has 0 saturated carbocycles. The number of ether oxygens (including phenoxy) is 2. The quantitative estimate of drug-likeness (QED) is 0.702. The maximum atomic E-state index is 5.71. The van der Waals surface area contributed by atoms with Crippen LogP contribution in [0.25, 0.3) is 0 Å². The van der Waals surface area contributed by atoms with E-state index in [-0.39, 0.29) is 5.41 Å². The highest BCUT2D eigenvalue weighted by Crippen LogP contribution is 2.16. The number of rotatable bonds is 7.